The van der Waals surface area contributed by atoms with Crippen molar-refractivity contribution in [2.45, 2.75) is 51.5 Å². The van der Waals surface area contributed by atoms with Crippen molar-refractivity contribution in [3.05, 3.63) is 0 Å². The summed E-state index contributed by atoms with van der Waals surface area (Å²) in [5.41, 5.74) is 0. The Kier molecular flexibility index (Phi) is 5.69. The van der Waals surface area contributed by atoms with Crippen LogP contribution in [0.25, 0.3) is 0 Å². The van der Waals surface area contributed by atoms with E-state index in [4.69, 9.17) is 4.74 Å². The molecule has 1 fully saturated rings. The van der Waals surface area contributed by atoms with Crippen molar-refractivity contribution in [3.63, 3.8) is 0 Å². The zero-order valence-corrected chi connectivity index (χ0v) is 9.92. The van der Waals surface area contributed by atoms with Crippen LogP contribution in [0.2, 0.25) is 0 Å². The van der Waals surface area contributed by atoms with Crippen molar-refractivity contribution in [1.29, 1.82) is 0 Å². The predicted octanol–water partition coefficient (Wildman–Crippen LogP) is 2.11. The van der Waals surface area contributed by atoms with Gasteiger partial charge in [-0.3, -0.25) is 4.79 Å². The number of methoxy groups -OCH3 is 1. The quantitative estimate of drug-likeness (QED) is 0.726. The maximum Gasteiger partial charge on any atom is 0.246 e. The minimum atomic E-state index is 0.00856. The van der Waals surface area contributed by atoms with Gasteiger partial charge in [0.15, 0.2) is 0 Å². The van der Waals surface area contributed by atoms with Crippen molar-refractivity contribution >= 4 is 5.91 Å². The van der Waals surface area contributed by atoms with Gasteiger partial charge in [0.2, 0.25) is 5.91 Å². The Bertz CT molecular complexity index is 186. The number of hydrogen-bond acceptors (Lipinski definition) is 2. The van der Waals surface area contributed by atoms with Crippen LogP contribution in [0.4, 0.5) is 0 Å². The average molecular weight is 213 g/mol. The van der Waals surface area contributed by atoms with Gasteiger partial charge >= 0.3 is 0 Å². The number of carbonyl (C=O) groups is 1. The second-order valence-corrected chi connectivity index (χ2v) is 4.54. The van der Waals surface area contributed by atoms with Gasteiger partial charge in [0.1, 0.15) is 6.61 Å². The highest BCUT2D eigenvalue weighted by Gasteiger charge is 2.20. The van der Waals surface area contributed by atoms with Gasteiger partial charge in [0.05, 0.1) is 0 Å². The van der Waals surface area contributed by atoms with Crippen LogP contribution in [0.1, 0.15) is 45.4 Å². The second kappa shape index (κ2) is 6.83. The van der Waals surface area contributed by atoms with Crippen LogP contribution in [-0.2, 0) is 9.53 Å². The molecule has 0 radical (unpaired) electrons. The Morgan fingerprint density at radius 1 is 1.33 bits per heavy atom. The summed E-state index contributed by atoms with van der Waals surface area (Å²) in [5, 5.41) is 3.01. The smallest absolute Gasteiger partial charge is 0.246 e. The summed E-state index contributed by atoms with van der Waals surface area (Å²) in [7, 11) is 1.55. The van der Waals surface area contributed by atoms with Crippen LogP contribution in [0.5, 0.6) is 0 Å². The first-order valence-electron chi connectivity index (χ1n) is 6.02. The van der Waals surface area contributed by atoms with E-state index in [9.17, 15) is 4.79 Å². The molecule has 1 atom stereocenters. The van der Waals surface area contributed by atoms with Crippen LogP contribution in [0.3, 0.4) is 0 Å². The lowest BCUT2D eigenvalue weighted by molar-refractivity contribution is -0.125. The number of hydrogen-bond donors (Lipinski definition) is 1. The molecule has 1 amide bonds. The summed E-state index contributed by atoms with van der Waals surface area (Å²) >= 11 is 0. The van der Waals surface area contributed by atoms with E-state index >= 15 is 0 Å². The molecular formula is C12H23NO2. The minimum absolute atomic E-state index is 0.00856. The molecule has 0 aromatic rings. The average Bonchev–Trinajstić information content (AvgIpc) is 2.45. The normalized spacial score (nSPS) is 20.7. The van der Waals surface area contributed by atoms with Crippen LogP contribution in [-0.4, -0.2) is 25.7 Å². The van der Waals surface area contributed by atoms with E-state index in [-0.39, 0.29) is 12.5 Å². The molecule has 1 saturated carbocycles. The summed E-state index contributed by atoms with van der Waals surface area (Å²) in [6, 6.07) is 0.297. The maximum atomic E-state index is 11.3. The molecule has 88 valence electrons. The molecule has 0 aliphatic heterocycles. The lowest BCUT2D eigenvalue weighted by atomic mass is 9.93. The summed E-state index contributed by atoms with van der Waals surface area (Å²) in [5.74, 6) is 0.669. The Hall–Kier alpha value is -0.570. The molecule has 1 aliphatic rings. The van der Waals surface area contributed by atoms with Crippen LogP contribution >= 0.6 is 0 Å². The molecule has 3 nitrogen and oxygen atoms in total. The molecule has 1 rings (SSSR count). The largest absolute Gasteiger partial charge is 0.375 e. The fourth-order valence-corrected chi connectivity index (χ4v) is 2.36. The number of ether oxygens (including phenoxy) is 1. The molecule has 0 bridgehead atoms. The first kappa shape index (κ1) is 12.5. The third kappa shape index (κ3) is 4.65. The number of nitrogens with one attached hydrogen (secondary N) is 1. The van der Waals surface area contributed by atoms with Crippen molar-refractivity contribution in [2.24, 2.45) is 5.92 Å². The molecule has 0 unspecified atom stereocenters. The van der Waals surface area contributed by atoms with Gasteiger partial charge in [-0.25, -0.2) is 0 Å². The van der Waals surface area contributed by atoms with Gasteiger partial charge in [-0.1, -0.05) is 25.7 Å². The zero-order chi connectivity index (χ0) is 11.1. The lowest BCUT2D eigenvalue weighted by Gasteiger charge is -2.23. The van der Waals surface area contributed by atoms with Crippen LogP contribution in [0, 0.1) is 5.92 Å². The van der Waals surface area contributed by atoms with E-state index in [2.05, 4.69) is 12.2 Å². The summed E-state index contributed by atoms with van der Waals surface area (Å²) in [6.45, 7) is 2.29. The van der Waals surface area contributed by atoms with Gasteiger partial charge in [0.25, 0.3) is 0 Å². The topological polar surface area (TPSA) is 38.3 Å². The van der Waals surface area contributed by atoms with E-state index in [1.165, 1.54) is 38.5 Å². The third-order valence-corrected chi connectivity index (χ3v) is 3.27. The van der Waals surface area contributed by atoms with Gasteiger partial charge in [0, 0.05) is 13.2 Å². The SMILES string of the molecule is COCC(=O)N[C@@H](C)C1CCCCCC1. The Balaban J connectivity index is 2.30. The maximum absolute atomic E-state index is 11.3. The van der Waals surface area contributed by atoms with Crippen LogP contribution < -0.4 is 5.32 Å². The zero-order valence-electron chi connectivity index (χ0n) is 9.92. The van der Waals surface area contributed by atoms with E-state index in [0.29, 0.717) is 12.0 Å². The van der Waals surface area contributed by atoms with Crippen LogP contribution in [0.15, 0.2) is 0 Å². The van der Waals surface area contributed by atoms with Crippen molar-refractivity contribution in [1.82, 2.24) is 5.32 Å². The standard InChI is InChI=1S/C12H23NO2/c1-10(13-12(14)9-15-2)11-7-5-3-4-6-8-11/h10-11H,3-9H2,1-2H3,(H,13,14)/t10-/m0/s1. The summed E-state index contributed by atoms with van der Waals surface area (Å²) in [6.07, 6.45) is 7.86. The lowest BCUT2D eigenvalue weighted by Crippen LogP contribution is -2.39. The fraction of sp³-hybridized carbons (Fsp3) is 0.917. The van der Waals surface area contributed by atoms with Crippen molar-refractivity contribution < 1.29 is 9.53 Å². The van der Waals surface area contributed by atoms with Gasteiger partial charge in [-0.2, -0.15) is 0 Å². The molecule has 0 spiro atoms. The molecule has 1 N–H and O–H groups in total. The molecule has 1 aliphatic carbocycles. The molecule has 15 heavy (non-hydrogen) atoms. The van der Waals surface area contributed by atoms with Crippen molar-refractivity contribution in [2.75, 3.05) is 13.7 Å². The molecule has 0 aromatic heterocycles. The molecular weight excluding hydrogens is 190 g/mol. The first-order chi connectivity index (χ1) is 7.24. The van der Waals surface area contributed by atoms with Gasteiger partial charge in [-0.15, -0.1) is 0 Å². The van der Waals surface area contributed by atoms with E-state index < -0.39 is 0 Å². The molecule has 0 aromatic carbocycles. The molecule has 0 heterocycles. The highest BCUT2D eigenvalue weighted by atomic mass is 16.5. The monoisotopic (exact) mass is 213 g/mol. The van der Waals surface area contributed by atoms with E-state index in [1.807, 2.05) is 0 Å². The van der Waals surface area contributed by atoms with Gasteiger partial charge in [-0.05, 0) is 25.7 Å². The third-order valence-electron chi connectivity index (χ3n) is 3.27. The van der Waals surface area contributed by atoms with E-state index in [1.54, 1.807) is 7.11 Å². The van der Waals surface area contributed by atoms with E-state index in [0.717, 1.165) is 0 Å². The number of carbonyl (C=O) groups excluding carboxylic acids is 1. The first-order valence-corrected chi connectivity index (χ1v) is 6.02. The molecule has 3 heteroatoms. The summed E-state index contributed by atoms with van der Waals surface area (Å²) in [4.78, 5) is 11.3. The summed E-state index contributed by atoms with van der Waals surface area (Å²) < 4.78 is 4.80. The molecule has 0 saturated heterocycles. The number of amides is 1. The Labute approximate surface area is 92.6 Å². The van der Waals surface area contributed by atoms with Gasteiger partial charge < -0.3 is 10.1 Å². The second-order valence-electron chi connectivity index (χ2n) is 4.54. The highest BCUT2D eigenvalue weighted by molar-refractivity contribution is 5.77. The Morgan fingerprint density at radius 3 is 2.47 bits per heavy atom. The van der Waals surface area contributed by atoms with Crippen molar-refractivity contribution in [3.8, 4) is 0 Å². The highest BCUT2D eigenvalue weighted by Crippen LogP contribution is 2.25. The predicted molar refractivity (Wildman–Crippen MR) is 60.7 cm³/mol. The number of rotatable bonds is 4. The fourth-order valence-electron chi connectivity index (χ4n) is 2.36. The minimum Gasteiger partial charge on any atom is -0.375 e. The Morgan fingerprint density at radius 2 is 1.93 bits per heavy atom.